The molecule has 0 aliphatic carbocycles. The van der Waals surface area contributed by atoms with E-state index in [2.05, 4.69) is 15.4 Å². The summed E-state index contributed by atoms with van der Waals surface area (Å²) in [4.78, 5) is 36.5. The van der Waals surface area contributed by atoms with Gasteiger partial charge in [-0.05, 0) is 30.7 Å². The van der Waals surface area contributed by atoms with Crippen molar-refractivity contribution in [3.05, 3.63) is 65.7 Å². The van der Waals surface area contributed by atoms with Gasteiger partial charge in [-0.25, -0.2) is 9.59 Å². The van der Waals surface area contributed by atoms with Crippen LogP contribution in [0, 0.1) is 0 Å². The highest BCUT2D eigenvalue weighted by Crippen LogP contribution is 2.30. The van der Waals surface area contributed by atoms with Crippen LogP contribution < -0.4 is 20.1 Å². The Kier molecular flexibility index (Phi) is 9.15. The van der Waals surface area contributed by atoms with Crippen LogP contribution in [-0.2, 0) is 14.3 Å². The Morgan fingerprint density at radius 2 is 1.78 bits per heavy atom. The highest BCUT2D eigenvalue weighted by Gasteiger charge is 2.25. The van der Waals surface area contributed by atoms with Crippen molar-refractivity contribution in [2.24, 2.45) is 0 Å². The fourth-order valence-electron chi connectivity index (χ4n) is 2.58. The zero-order valence-corrected chi connectivity index (χ0v) is 17.3. The van der Waals surface area contributed by atoms with Gasteiger partial charge in [0.05, 0.1) is 7.11 Å². The topological polar surface area (TPSA) is 103 Å². The quantitative estimate of drug-likeness (QED) is 0.450. The molecule has 8 nitrogen and oxygen atoms in total. The van der Waals surface area contributed by atoms with Crippen LogP contribution in [-0.4, -0.2) is 38.2 Å². The molecule has 170 valence electrons. The molecule has 0 aliphatic heterocycles. The van der Waals surface area contributed by atoms with Gasteiger partial charge in [0.15, 0.2) is 11.5 Å². The zero-order valence-electron chi connectivity index (χ0n) is 17.3. The number of hydrogen-bond acceptors (Lipinski definition) is 6. The maximum absolute atomic E-state index is 12.5. The lowest BCUT2D eigenvalue weighted by Gasteiger charge is -2.16. The minimum absolute atomic E-state index is 0.0456. The van der Waals surface area contributed by atoms with E-state index in [1.807, 2.05) is 0 Å². The van der Waals surface area contributed by atoms with Crippen LogP contribution in [0.2, 0.25) is 0 Å². The molecular weight excluding hydrogens is 426 g/mol. The first kappa shape index (κ1) is 24.3. The maximum Gasteiger partial charge on any atom is 0.387 e. The summed E-state index contributed by atoms with van der Waals surface area (Å²) in [6.45, 7) is -1.02. The molecule has 0 spiro atoms. The summed E-state index contributed by atoms with van der Waals surface area (Å²) < 4.78 is 39.5. The van der Waals surface area contributed by atoms with Crippen molar-refractivity contribution in [1.82, 2.24) is 10.6 Å². The fraction of sp³-hybridized carbons (Fsp3) is 0.227. The first-order valence-corrected chi connectivity index (χ1v) is 9.49. The number of hydrogen-bond donors (Lipinski definition) is 2. The molecule has 2 rings (SSSR count). The van der Waals surface area contributed by atoms with Gasteiger partial charge in [0.2, 0.25) is 6.10 Å². The fourth-order valence-corrected chi connectivity index (χ4v) is 2.58. The molecule has 3 amide bonds. The normalized spacial score (nSPS) is 11.7. The minimum atomic E-state index is -3.01. The standard InChI is InChI=1S/C22H22F2N2O6/c1-3-25-22(29)26-20(28)19(15-7-5-4-6-8-15)32-18(27)12-10-14-9-11-16(31-21(23)24)17(13-14)30-2/h4-13,19,21H,3H2,1-2H3,(H2,25,26,28,29)/b12-10+. The van der Waals surface area contributed by atoms with E-state index in [4.69, 9.17) is 9.47 Å². The Morgan fingerprint density at radius 1 is 1.06 bits per heavy atom. The number of methoxy groups -OCH3 is 1. The second-order valence-corrected chi connectivity index (χ2v) is 6.20. The number of ether oxygens (including phenoxy) is 3. The van der Waals surface area contributed by atoms with Crippen molar-refractivity contribution in [2.75, 3.05) is 13.7 Å². The lowest BCUT2D eigenvalue weighted by atomic mass is 10.1. The van der Waals surface area contributed by atoms with Crippen LogP contribution in [0.3, 0.4) is 0 Å². The lowest BCUT2D eigenvalue weighted by molar-refractivity contribution is -0.151. The van der Waals surface area contributed by atoms with Crippen LogP contribution in [0.1, 0.15) is 24.2 Å². The Hall–Kier alpha value is -3.95. The highest BCUT2D eigenvalue weighted by molar-refractivity contribution is 5.98. The smallest absolute Gasteiger partial charge is 0.387 e. The van der Waals surface area contributed by atoms with Crippen molar-refractivity contribution in [1.29, 1.82) is 0 Å². The summed E-state index contributed by atoms with van der Waals surface area (Å²) in [7, 11) is 1.28. The van der Waals surface area contributed by atoms with Crippen LogP contribution in [0.15, 0.2) is 54.6 Å². The van der Waals surface area contributed by atoms with E-state index in [-0.39, 0.29) is 11.5 Å². The number of nitrogens with one attached hydrogen (secondary N) is 2. The average molecular weight is 448 g/mol. The molecule has 0 fully saturated rings. The second kappa shape index (κ2) is 12.0. The summed E-state index contributed by atoms with van der Waals surface area (Å²) in [5.41, 5.74) is 0.801. The maximum atomic E-state index is 12.5. The molecule has 0 radical (unpaired) electrons. The van der Waals surface area contributed by atoms with E-state index in [1.165, 1.54) is 31.4 Å². The number of esters is 1. The molecule has 32 heavy (non-hydrogen) atoms. The van der Waals surface area contributed by atoms with Crippen molar-refractivity contribution in [2.45, 2.75) is 19.6 Å². The van der Waals surface area contributed by atoms with Gasteiger partial charge < -0.3 is 19.5 Å². The predicted octanol–water partition coefficient (Wildman–Crippen LogP) is 3.44. The van der Waals surface area contributed by atoms with E-state index in [9.17, 15) is 23.2 Å². The molecule has 2 aromatic carbocycles. The van der Waals surface area contributed by atoms with Gasteiger partial charge in [-0.3, -0.25) is 10.1 Å². The number of alkyl halides is 2. The predicted molar refractivity (Wildman–Crippen MR) is 111 cm³/mol. The molecule has 0 heterocycles. The number of carbonyl (C=O) groups is 3. The van der Waals surface area contributed by atoms with E-state index in [1.54, 1.807) is 37.3 Å². The van der Waals surface area contributed by atoms with Gasteiger partial charge in [0.1, 0.15) is 0 Å². The molecule has 2 N–H and O–H groups in total. The monoisotopic (exact) mass is 448 g/mol. The van der Waals surface area contributed by atoms with Gasteiger partial charge >= 0.3 is 18.6 Å². The van der Waals surface area contributed by atoms with E-state index < -0.39 is 30.6 Å². The third kappa shape index (κ3) is 7.38. The summed E-state index contributed by atoms with van der Waals surface area (Å²) in [6.07, 6.45) is 1.03. The van der Waals surface area contributed by atoms with Gasteiger partial charge in [-0.1, -0.05) is 36.4 Å². The largest absolute Gasteiger partial charge is 0.493 e. The molecule has 0 aliphatic rings. The van der Waals surface area contributed by atoms with Gasteiger partial charge in [-0.2, -0.15) is 8.78 Å². The van der Waals surface area contributed by atoms with Crippen molar-refractivity contribution in [3.8, 4) is 11.5 Å². The number of amides is 3. The second-order valence-electron chi connectivity index (χ2n) is 6.20. The molecule has 0 bridgehead atoms. The highest BCUT2D eigenvalue weighted by atomic mass is 19.3. The zero-order chi connectivity index (χ0) is 23.5. The number of urea groups is 1. The number of imide groups is 1. The molecule has 0 aromatic heterocycles. The van der Waals surface area contributed by atoms with Gasteiger partial charge in [-0.15, -0.1) is 0 Å². The van der Waals surface area contributed by atoms with E-state index >= 15 is 0 Å². The number of halogens is 2. The Morgan fingerprint density at radius 3 is 2.41 bits per heavy atom. The minimum Gasteiger partial charge on any atom is -0.493 e. The third-order valence-corrected chi connectivity index (χ3v) is 3.96. The third-order valence-electron chi connectivity index (χ3n) is 3.96. The van der Waals surface area contributed by atoms with Gasteiger partial charge in [0, 0.05) is 18.2 Å². The molecule has 10 heteroatoms. The Balaban J connectivity index is 2.15. The molecule has 1 unspecified atom stereocenters. The van der Waals surface area contributed by atoms with Gasteiger partial charge in [0.25, 0.3) is 5.91 Å². The first-order chi connectivity index (χ1) is 15.3. The molecule has 2 aromatic rings. The molecule has 0 saturated heterocycles. The van der Waals surface area contributed by atoms with E-state index in [0.29, 0.717) is 17.7 Å². The van der Waals surface area contributed by atoms with Crippen molar-refractivity contribution in [3.63, 3.8) is 0 Å². The summed E-state index contributed by atoms with van der Waals surface area (Å²) >= 11 is 0. The molecule has 1 atom stereocenters. The van der Waals surface area contributed by atoms with E-state index in [0.717, 1.165) is 6.08 Å². The van der Waals surface area contributed by atoms with Crippen LogP contribution >= 0.6 is 0 Å². The molecular formula is C22H22F2N2O6. The number of benzene rings is 2. The van der Waals surface area contributed by atoms with Crippen LogP contribution in [0.4, 0.5) is 13.6 Å². The van der Waals surface area contributed by atoms with Crippen LogP contribution in [0.5, 0.6) is 11.5 Å². The first-order valence-electron chi connectivity index (χ1n) is 9.49. The molecule has 0 saturated carbocycles. The van der Waals surface area contributed by atoms with Crippen molar-refractivity contribution >= 4 is 24.0 Å². The number of carbonyl (C=O) groups excluding carboxylic acids is 3. The summed E-state index contributed by atoms with van der Waals surface area (Å²) in [5, 5.41) is 4.53. The lowest BCUT2D eigenvalue weighted by Crippen LogP contribution is -2.42. The average Bonchev–Trinajstić information content (AvgIpc) is 2.77. The van der Waals surface area contributed by atoms with Crippen LogP contribution in [0.25, 0.3) is 6.08 Å². The Labute approximate surface area is 183 Å². The summed E-state index contributed by atoms with van der Waals surface area (Å²) in [6, 6.07) is 11.5. The SMILES string of the molecule is CCNC(=O)NC(=O)C(OC(=O)/C=C/c1ccc(OC(F)F)c(OC)c1)c1ccccc1. The van der Waals surface area contributed by atoms with Crippen molar-refractivity contribution < 1.29 is 37.4 Å². The summed E-state index contributed by atoms with van der Waals surface area (Å²) in [5.74, 6) is -1.80. The number of rotatable bonds is 9. The Bertz CT molecular complexity index is 966.